The van der Waals surface area contributed by atoms with Gasteiger partial charge in [-0.05, 0) is 36.8 Å². The summed E-state index contributed by atoms with van der Waals surface area (Å²) < 4.78 is 18.8. The Hall–Kier alpha value is -1.27. The molecule has 23 heavy (non-hydrogen) atoms. The third kappa shape index (κ3) is 5.11. The highest BCUT2D eigenvalue weighted by Crippen LogP contribution is 2.34. The Balaban J connectivity index is 2.05. The molecule has 4 nitrogen and oxygen atoms in total. The SMILES string of the molecule is CN=C(NCCSC)NCC1(c2ccc(F)cc2)CCOCC1. The first-order chi connectivity index (χ1) is 11.2. The molecule has 6 heteroatoms. The predicted octanol–water partition coefficient (Wildman–Crippen LogP) is 2.40. The molecule has 0 aliphatic carbocycles. The van der Waals surface area contributed by atoms with Gasteiger partial charge in [-0.25, -0.2) is 4.39 Å². The van der Waals surface area contributed by atoms with Crippen LogP contribution >= 0.6 is 11.8 Å². The van der Waals surface area contributed by atoms with Gasteiger partial charge in [-0.15, -0.1) is 0 Å². The van der Waals surface area contributed by atoms with Crippen molar-refractivity contribution in [1.82, 2.24) is 10.6 Å². The smallest absolute Gasteiger partial charge is 0.191 e. The molecule has 1 saturated heterocycles. The summed E-state index contributed by atoms with van der Waals surface area (Å²) in [5, 5.41) is 6.75. The molecule has 0 spiro atoms. The lowest BCUT2D eigenvalue weighted by atomic mass is 9.74. The molecule has 0 saturated carbocycles. The molecular weight excluding hydrogens is 313 g/mol. The molecule has 0 aromatic heterocycles. The maximum absolute atomic E-state index is 13.2. The molecule has 2 N–H and O–H groups in total. The normalized spacial score (nSPS) is 17.8. The second kappa shape index (κ2) is 9.13. The van der Waals surface area contributed by atoms with E-state index in [9.17, 15) is 4.39 Å². The fourth-order valence-electron chi connectivity index (χ4n) is 2.88. The highest BCUT2D eigenvalue weighted by atomic mass is 32.2. The zero-order chi connectivity index (χ0) is 16.5. The van der Waals surface area contributed by atoms with E-state index in [0.717, 1.165) is 56.4 Å². The van der Waals surface area contributed by atoms with Gasteiger partial charge in [0.2, 0.25) is 0 Å². The Morgan fingerprint density at radius 1 is 1.26 bits per heavy atom. The number of nitrogens with one attached hydrogen (secondary N) is 2. The number of nitrogens with zero attached hydrogens (tertiary/aromatic N) is 1. The number of benzene rings is 1. The molecular formula is C17H26FN3OS. The van der Waals surface area contributed by atoms with E-state index in [2.05, 4.69) is 21.9 Å². The number of guanidine groups is 1. The molecule has 0 unspecified atom stereocenters. The standard InChI is InChI=1S/C17H26FN3OS/c1-19-16(20-9-12-23-2)21-13-17(7-10-22-11-8-17)14-3-5-15(18)6-4-14/h3-6H,7-13H2,1-2H3,(H2,19,20,21). The van der Waals surface area contributed by atoms with Crippen molar-refractivity contribution in [3.63, 3.8) is 0 Å². The summed E-state index contributed by atoms with van der Waals surface area (Å²) in [4.78, 5) is 4.28. The minimum Gasteiger partial charge on any atom is -0.381 e. The lowest BCUT2D eigenvalue weighted by Crippen LogP contribution is -2.48. The van der Waals surface area contributed by atoms with Gasteiger partial charge in [0.15, 0.2) is 5.96 Å². The van der Waals surface area contributed by atoms with Crippen molar-refractivity contribution < 1.29 is 9.13 Å². The van der Waals surface area contributed by atoms with Crippen LogP contribution in [0.2, 0.25) is 0 Å². The molecule has 0 atom stereocenters. The quantitative estimate of drug-likeness (QED) is 0.475. The molecule has 1 aliphatic rings. The topological polar surface area (TPSA) is 45.7 Å². The average Bonchev–Trinajstić information content (AvgIpc) is 2.59. The van der Waals surface area contributed by atoms with E-state index in [-0.39, 0.29) is 11.2 Å². The van der Waals surface area contributed by atoms with Crippen LogP contribution < -0.4 is 10.6 Å². The zero-order valence-corrected chi connectivity index (χ0v) is 14.7. The molecule has 2 rings (SSSR count). The van der Waals surface area contributed by atoms with Gasteiger partial charge in [0.25, 0.3) is 0 Å². The summed E-state index contributed by atoms with van der Waals surface area (Å²) in [6, 6.07) is 6.87. The summed E-state index contributed by atoms with van der Waals surface area (Å²) >= 11 is 1.80. The van der Waals surface area contributed by atoms with Crippen LogP contribution in [0.25, 0.3) is 0 Å². The minimum atomic E-state index is -0.196. The third-order valence-electron chi connectivity index (χ3n) is 4.32. The third-order valence-corrected chi connectivity index (χ3v) is 4.94. The first kappa shape index (κ1) is 18.1. The van der Waals surface area contributed by atoms with Gasteiger partial charge in [-0.2, -0.15) is 11.8 Å². The lowest BCUT2D eigenvalue weighted by molar-refractivity contribution is 0.0513. The van der Waals surface area contributed by atoms with Crippen LogP contribution in [0.15, 0.2) is 29.3 Å². The monoisotopic (exact) mass is 339 g/mol. The van der Waals surface area contributed by atoms with Crippen molar-refractivity contribution in [1.29, 1.82) is 0 Å². The van der Waals surface area contributed by atoms with Gasteiger partial charge in [-0.1, -0.05) is 12.1 Å². The Labute approximate surface area is 142 Å². The highest BCUT2D eigenvalue weighted by Gasteiger charge is 2.34. The first-order valence-electron chi connectivity index (χ1n) is 7.97. The number of ether oxygens (including phenoxy) is 1. The second-order valence-corrected chi connectivity index (χ2v) is 6.73. The van der Waals surface area contributed by atoms with Gasteiger partial charge in [0, 0.05) is 44.5 Å². The Morgan fingerprint density at radius 3 is 2.57 bits per heavy atom. The number of aliphatic imine (C=N–C) groups is 1. The van der Waals surface area contributed by atoms with Crippen molar-refractivity contribution in [2.75, 3.05) is 45.4 Å². The summed E-state index contributed by atoms with van der Waals surface area (Å²) in [7, 11) is 1.78. The van der Waals surface area contributed by atoms with Crippen LogP contribution in [0, 0.1) is 5.82 Å². The van der Waals surface area contributed by atoms with E-state index < -0.39 is 0 Å². The van der Waals surface area contributed by atoms with Gasteiger partial charge in [0.1, 0.15) is 5.82 Å². The number of thioether (sulfide) groups is 1. The molecule has 0 amide bonds. The van der Waals surface area contributed by atoms with Crippen LogP contribution in [0.1, 0.15) is 18.4 Å². The first-order valence-corrected chi connectivity index (χ1v) is 9.37. The van der Waals surface area contributed by atoms with E-state index >= 15 is 0 Å². The number of halogens is 1. The van der Waals surface area contributed by atoms with Crippen LogP contribution in [0.3, 0.4) is 0 Å². The lowest BCUT2D eigenvalue weighted by Gasteiger charge is -2.38. The van der Waals surface area contributed by atoms with Crippen LogP contribution in [-0.2, 0) is 10.2 Å². The Morgan fingerprint density at radius 2 is 1.96 bits per heavy atom. The molecule has 1 heterocycles. The van der Waals surface area contributed by atoms with Gasteiger partial charge in [-0.3, -0.25) is 4.99 Å². The second-order valence-electron chi connectivity index (χ2n) is 5.74. The van der Waals surface area contributed by atoms with Crippen molar-refractivity contribution in [3.8, 4) is 0 Å². The fourth-order valence-corrected chi connectivity index (χ4v) is 3.18. The maximum atomic E-state index is 13.2. The predicted molar refractivity (Wildman–Crippen MR) is 95.9 cm³/mol. The summed E-state index contributed by atoms with van der Waals surface area (Å²) in [5.41, 5.74) is 1.12. The van der Waals surface area contributed by atoms with E-state index in [1.165, 1.54) is 12.1 Å². The van der Waals surface area contributed by atoms with Crippen LogP contribution in [-0.4, -0.2) is 51.3 Å². The average molecular weight is 339 g/mol. The van der Waals surface area contributed by atoms with Crippen molar-refractivity contribution in [2.24, 2.45) is 4.99 Å². The van der Waals surface area contributed by atoms with Crippen molar-refractivity contribution in [3.05, 3.63) is 35.6 Å². The van der Waals surface area contributed by atoms with Crippen LogP contribution in [0.5, 0.6) is 0 Å². The maximum Gasteiger partial charge on any atom is 0.191 e. The molecule has 128 valence electrons. The molecule has 1 aromatic carbocycles. The van der Waals surface area contributed by atoms with Crippen LogP contribution in [0.4, 0.5) is 4.39 Å². The summed E-state index contributed by atoms with van der Waals surface area (Å²) in [5.74, 6) is 1.66. The van der Waals surface area contributed by atoms with Gasteiger partial charge < -0.3 is 15.4 Å². The van der Waals surface area contributed by atoms with E-state index in [1.54, 1.807) is 18.8 Å². The molecule has 0 radical (unpaired) electrons. The van der Waals surface area contributed by atoms with Gasteiger partial charge >= 0.3 is 0 Å². The summed E-state index contributed by atoms with van der Waals surface area (Å²) in [6.45, 7) is 3.11. The van der Waals surface area contributed by atoms with E-state index in [1.807, 2.05) is 12.1 Å². The highest BCUT2D eigenvalue weighted by molar-refractivity contribution is 7.98. The fraction of sp³-hybridized carbons (Fsp3) is 0.588. The van der Waals surface area contributed by atoms with Crippen molar-refractivity contribution >= 4 is 17.7 Å². The molecule has 1 aromatic rings. The molecule has 0 bridgehead atoms. The number of hydrogen-bond donors (Lipinski definition) is 2. The zero-order valence-electron chi connectivity index (χ0n) is 13.9. The number of hydrogen-bond acceptors (Lipinski definition) is 3. The Bertz CT molecular complexity index is 501. The number of rotatable bonds is 6. The van der Waals surface area contributed by atoms with E-state index in [4.69, 9.17) is 4.74 Å². The largest absolute Gasteiger partial charge is 0.381 e. The minimum absolute atomic E-state index is 0.0386. The van der Waals surface area contributed by atoms with E-state index in [0.29, 0.717) is 0 Å². The van der Waals surface area contributed by atoms with Crippen molar-refractivity contribution in [2.45, 2.75) is 18.3 Å². The molecule has 1 fully saturated rings. The van der Waals surface area contributed by atoms with Gasteiger partial charge in [0.05, 0.1) is 0 Å². The molecule has 1 aliphatic heterocycles. The summed E-state index contributed by atoms with van der Waals surface area (Å²) in [6.07, 6.45) is 3.93. The Kier molecular flexibility index (Phi) is 7.17.